The quantitative estimate of drug-likeness (QED) is 0.705. The van der Waals surface area contributed by atoms with Crippen molar-refractivity contribution in [3.63, 3.8) is 0 Å². The van der Waals surface area contributed by atoms with Gasteiger partial charge in [0.1, 0.15) is 0 Å². The summed E-state index contributed by atoms with van der Waals surface area (Å²) < 4.78 is 1.58. The topological polar surface area (TPSA) is 75.5 Å². The predicted octanol–water partition coefficient (Wildman–Crippen LogP) is 4.03. The highest BCUT2D eigenvalue weighted by molar-refractivity contribution is 6.36. The summed E-state index contributed by atoms with van der Waals surface area (Å²) in [5.74, 6) is -0.687. The maximum atomic E-state index is 12.7. The lowest BCUT2D eigenvalue weighted by atomic mass is 10.3. The molecule has 2 aromatic heterocycles. The third-order valence-corrected chi connectivity index (χ3v) is 4.11. The van der Waals surface area contributed by atoms with Crippen LogP contribution in [0.1, 0.15) is 35.0 Å². The van der Waals surface area contributed by atoms with Crippen LogP contribution in [0.15, 0.2) is 42.6 Å². The van der Waals surface area contributed by atoms with Gasteiger partial charge in [-0.3, -0.25) is 14.0 Å². The van der Waals surface area contributed by atoms with Crippen molar-refractivity contribution in [2.75, 3.05) is 5.32 Å². The summed E-state index contributed by atoms with van der Waals surface area (Å²) in [6, 6.07) is 9.96. The standard InChI is InChI=1S/C18H16Cl2N4O2/c1-10(2)21-18(26)16-23-15(14-5-3-4-8-24(14)16)17(25)22-13-7-6-11(19)9-12(13)20/h3-10H,1-2H3,(H,21,26)(H,22,25). The Morgan fingerprint density at radius 1 is 1.12 bits per heavy atom. The van der Waals surface area contributed by atoms with E-state index in [0.717, 1.165) is 0 Å². The van der Waals surface area contributed by atoms with Crippen LogP contribution in [0.5, 0.6) is 0 Å². The Balaban J connectivity index is 1.99. The SMILES string of the molecule is CC(C)NC(=O)c1nc(C(=O)Nc2ccc(Cl)cc2Cl)c2ccccn12. The number of hydrogen-bond acceptors (Lipinski definition) is 3. The number of carbonyl (C=O) groups excluding carboxylic acids is 2. The number of imidazole rings is 1. The van der Waals surface area contributed by atoms with Crippen molar-refractivity contribution >= 4 is 46.2 Å². The fourth-order valence-electron chi connectivity index (χ4n) is 2.46. The summed E-state index contributed by atoms with van der Waals surface area (Å²) in [6.07, 6.45) is 1.68. The second kappa shape index (κ2) is 7.35. The Labute approximate surface area is 160 Å². The molecule has 0 radical (unpaired) electrons. The van der Waals surface area contributed by atoms with E-state index < -0.39 is 5.91 Å². The third kappa shape index (κ3) is 3.66. The van der Waals surface area contributed by atoms with E-state index in [2.05, 4.69) is 15.6 Å². The van der Waals surface area contributed by atoms with Crippen LogP contribution in [0.3, 0.4) is 0 Å². The Kier molecular flexibility index (Phi) is 5.15. The number of amides is 2. The number of rotatable bonds is 4. The van der Waals surface area contributed by atoms with E-state index in [4.69, 9.17) is 23.2 Å². The minimum atomic E-state index is -0.471. The molecule has 26 heavy (non-hydrogen) atoms. The lowest BCUT2D eigenvalue weighted by Crippen LogP contribution is -2.31. The van der Waals surface area contributed by atoms with Crippen LogP contribution in [-0.2, 0) is 0 Å². The summed E-state index contributed by atoms with van der Waals surface area (Å²) in [6.45, 7) is 3.70. The molecule has 1 aromatic carbocycles. The first kappa shape index (κ1) is 18.2. The van der Waals surface area contributed by atoms with Crippen LogP contribution in [0.25, 0.3) is 5.52 Å². The predicted molar refractivity (Wildman–Crippen MR) is 102 cm³/mol. The smallest absolute Gasteiger partial charge is 0.287 e. The molecule has 0 spiro atoms. The molecule has 0 saturated heterocycles. The Morgan fingerprint density at radius 3 is 2.58 bits per heavy atom. The van der Waals surface area contributed by atoms with Crippen molar-refractivity contribution in [1.29, 1.82) is 0 Å². The van der Waals surface area contributed by atoms with Crippen molar-refractivity contribution in [3.05, 3.63) is 64.2 Å². The number of carbonyl (C=O) groups is 2. The monoisotopic (exact) mass is 390 g/mol. The summed E-state index contributed by atoms with van der Waals surface area (Å²) in [5, 5.41) is 6.26. The van der Waals surface area contributed by atoms with Crippen molar-refractivity contribution in [2.24, 2.45) is 0 Å². The lowest BCUT2D eigenvalue weighted by Gasteiger charge is -2.06. The van der Waals surface area contributed by atoms with Crippen LogP contribution in [0.2, 0.25) is 10.0 Å². The van der Waals surface area contributed by atoms with Crippen molar-refractivity contribution in [2.45, 2.75) is 19.9 Å². The first-order valence-electron chi connectivity index (χ1n) is 7.91. The number of halogens is 2. The Morgan fingerprint density at radius 2 is 1.88 bits per heavy atom. The van der Waals surface area contributed by atoms with E-state index in [0.29, 0.717) is 21.2 Å². The average molecular weight is 391 g/mol. The van der Waals surface area contributed by atoms with Gasteiger partial charge in [-0.2, -0.15) is 0 Å². The number of fused-ring (bicyclic) bond motifs is 1. The zero-order valence-electron chi connectivity index (χ0n) is 14.1. The van der Waals surface area contributed by atoms with Gasteiger partial charge >= 0.3 is 0 Å². The highest BCUT2D eigenvalue weighted by atomic mass is 35.5. The fraction of sp³-hybridized carbons (Fsp3) is 0.167. The highest BCUT2D eigenvalue weighted by Crippen LogP contribution is 2.26. The van der Waals surface area contributed by atoms with Crippen molar-refractivity contribution in [1.82, 2.24) is 14.7 Å². The van der Waals surface area contributed by atoms with Crippen molar-refractivity contribution < 1.29 is 9.59 Å². The molecule has 134 valence electrons. The van der Waals surface area contributed by atoms with Gasteiger partial charge in [0.15, 0.2) is 5.69 Å². The van der Waals surface area contributed by atoms with Crippen LogP contribution >= 0.6 is 23.2 Å². The molecule has 2 amide bonds. The van der Waals surface area contributed by atoms with Crippen LogP contribution < -0.4 is 10.6 Å². The number of pyridine rings is 1. The molecule has 6 nitrogen and oxygen atoms in total. The van der Waals surface area contributed by atoms with E-state index in [1.54, 1.807) is 40.9 Å². The van der Waals surface area contributed by atoms with Gasteiger partial charge in [0, 0.05) is 17.3 Å². The molecule has 0 unspecified atom stereocenters. The lowest BCUT2D eigenvalue weighted by molar-refractivity contribution is 0.0932. The van der Waals surface area contributed by atoms with Gasteiger partial charge in [0.2, 0.25) is 5.82 Å². The van der Waals surface area contributed by atoms with E-state index in [1.165, 1.54) is 6.07 Å². The molecule has 0 bridgehead atoms. The number of anilines is 1. The number of benzene rings is 1. The zero-order chi connectivity index (χ0) is 18.8. The van der Waals surface area contributed by atoms with Gasteiger partial charge in [-0.05, 0) is 44.2 Å². The molecular formula is C18H16Cl2N4O2. The van der Waals surface area contributed by atoms with Crippen LogP contribution in [0.4, 0.5) is 5.69 Å². The number of hydrogen-bond donors (Lipinski definition) is 2. The molecule has 0 saturated carbocycles. The van der Waals surface area contributed by atoms with Gasteiger partial charge in [0.25, 0.3) is 11.8 Å². The molecule has 0 aliphatic carbocycles. The Hall–Kier alpha value is -2.57. The normalized spacial score (nSPS) is 11.0. The van der Waals surface area contributed by atoms with Gasteiger partial charge in [-0.15, -0.1) is 0 Å². The highest BCUT2D eigenvalue weighted by Gasteiger charge is 2.22. The fourth-order valence-corrected chi connectivity index (χ4v) is 2.92. The first-order valence-corrected chi connectivity index (χ1v) is 8.66. The molecule has 2 heterocycles. The Bertz CT molecular complexity index is 998. The molecule has 0 atom stereocenters. The molecule has 3 aromatic rings. The average Bonchev–Trinajstić information content (AvgIpc) is 2.96. The first-order chi connectivity index (χ1) is 12.4. The zero-order valence-corrected chi connectivity index (χ0v) is 15.6. The van der Waals surface area contributed by atoms with Crippen molar-refractivity contribution in [3.8, 4) is 0 Å². The number of nitrogens with one attached hydrogen (secondary N) is 2. The molecule has 0 aliphatic heterocycles. The molecule has 2 N–H and O–H groups in total. The second-order valence-electron chi connectivity index (χ2n) is 5.95. The van der Waals surface area contributed by atoms with Crippen LogP contribution in [0, 0.1) is 0 Å². The molecular weight excluding hydrogens is 375 g/mol. The summed E-state index contributed by atoms with van der Waals surface area (Å²) in [7, 11) is 0. The van der Waals surface area contributed by atoms with Gasteiger partial charge in [-0.25, -0.2) is 4.98 Å². The minimum absolute atomic E-state index is 0.0521. The van der Waals surface area contributed by atoms with E-state index >= 15 is 0 Å². The molecule has 0 fully saturated rings. The number of nitrogens with zero attached hydrogens (tertiary/aromatic N) is 2. The largest absolute Gasteiger partial charge is 0.347 e. The molecule has 0 aliphatic rings. The second-order valence-corrected chi connectivity index (χ2v) is 6.79. The van der Waals surface area contributed by atoms with Gasteiger partial charge in [-0.1, -0.05) is 29.3 Å². The van der Waals surface area contributed by atoms with E-state index in [-0.39, 0.29) is 23.5 Å². The summed E-state index contributed by atoms with van der Waals surface area (Å²) in [4.78, 5) is 29.4. The van der Waals surface area contributed by atoms with Crippen LogP contribution in [-0.4, -0.2) is 27.2 Å². The minimum Gasteiger partial charge on any atom is -0.347 e. The maximum Gasteiger partial charge on any atom is 0.287 e. The molecule has 3 rings (SSSR count). The summed E-state index contributed by atoms with van der Waals surface area (Å²) >= 11 is 12.0. The van der Waals surface area contributed by atoms with Gasteiger partial charge in [0.05, 0.1) is 16.2 Å². The van der Waals surface area contributed by atoms with E-state index in [1.807, 2.05) is 13.8 Å². The molecule has 8 heteroatoms. The van der Waals surface area contributed by atoms with Gasteiger partial charge < -0.3 is 10.6 Å². The van der Waals surface area contributed by atoms with E-state index in [9.17, 15) is 9.59 Å². The maximum absolute atomic E-state index is 12.7. The third-order valence-electron chi connectivity index (χ3n) is 3.57. The summed E-state index contributed by atoms with van der Waals surface area (Å²) in [5.41, 5.74) is 1.06. The number of aromatic nitrogens is 2.